The van der Waals surface area contributed by atoms with Crippen molar-refractivity contribution in [3.8, 4) is 0 Å². The summed E-state index contributed by atoms with van der Waals surface area (Å²) in [6.07, 6.45) is 0. The fourth-order valence-corrected chi connectivity index (χ4v) is 5.55. The van der Waals surface area contributed by atoms with Crippen LogP contribution in [-0.2, 0) is 21.6 Å². The lowest BCUT2D eigenvalue weighted by atomic mass is 9.84. The first-order valence-electron chi connectivity index (χ1n) is 11.6. The van der Waals surface area contributed by atoms with Crippen LogP contribution >= 0.6 is 11.6 Å². The number of hydrogen-bond acceptors (Lipinski definition) is 5. The maximum absolute atomic E-state index is 14.5. The van der Waals surface area contributed by atoms with Gasteiger partial charge >= 0.3 is 0 Å². The van der Waals surface area contributed by atoms with Crippen molar-refractivity contribution in [2.75, 3.05) is 25.2 Å². The molecule has 1 spiro atoms. The third-order valence-electron chi connectivity index (χ3n) is 6.97. The van der Waals surface area contributed by atoms with E-state index in [0.717, 1.165) is 0 Å². The van der Waals surface area contributed by atoms with Gasteiger partial charge in [0.2, 0.25) is 5.76 Å². The summed E-state index contributed by atoms with van der Waals surface area (Å²) in [7, 11) is 1.49. The Morgan fingerprint density at radius 2 is 1.78 bits per heavy atom. The Labute approximate surface area is 215 Å². The first-order valence-corrected chi connectivity index (χ1v) is 12.0. The van der Waals surface area contributed by atoms with E-state index in [2.05, 4.69) is 0 Å². The summed E-state index contributed by atoms with van der Waals surface area (Å²) in [5.41, 5.74) is -0.372. The van der Waals surface area contributed by atoms with E-state index < -0.39 is 28.6 Å². The van der Waals surface area contributed by atoms with E-state index in [9.17, 15) is 18.8 Å². The topological polar surface area (TPSA) is 80.1 Å². The monoisotopic (exact) mass is 518 g/mol. The largest absolute Gasteiger partial charge is 0.450 e. The summed E-state index contributed by atoms with van der Waals surface area (Å²) in [6.45, 7) is 0.291. The first-order chi connectivity index (χ1) is 17.9. The molecule has 0 saturated carbocycles. The van der Waals surface area contributed by atoms with Gasteiger partial charge in [-0.25, -0.2) is 4.39 Å². The molecule has 0 saturated heterocycles. The molecule has 2 amide bonds. The standard InChI is InChI=1S/C28H20ClFN2O5/c1-36-13-12-32-26(34)25-23(24(33)19-14-17(29)8-11-22(19)37-25)28(32)20-4-2-3-5-21(20)31(27(28)35)15-16-6-9-18(30)10-7-16/h2-11,14H,12-13,15H2,1H3. The molecule has 9 heteroatoms. The van der Waals surface area contributed by atoms with Crippen LogP contribution in [-0.4, -0.2) is 37.0 Å². The first kappa shape index (κ1) is 23.4. The summed E-state index contributed by atoms with van der Waals surface area (Å²) in [4.78, 5) is 45.2. The predicted molar refractivity (Wildman–Crippen MR) is 135 cm³/mol. The van der Waals surface area contributed by atoms with E-state index in [4.69, 9.17) is 20.8 Å². The molecule has 2 aliphatic rings. The van der Waals surface area contributed by atoms with Crippen molar-refractivity contribution in [3.05, 3.63) is 110 Å². The molecule has 0 aliphatic carbocycles. The van der Waals surface area contributed by atoms with Crippen LogP contribution in [0.2, 0.25) is 5.02 Å². The van der Waals surface area contributed by atoms with Gasteiger partial charge in [-0.2, -0.15) is 0 Å². The number of fused-ring (bicyclic) bond motifs is 5. The zero-order valence-corrected chi connectivity index (χ0v) is 20.4. The Morgan fingerprint density at radius 1 is 1.03 bits per heavy atom. The maximum Gasteiger partial charge on any atom is 0.291 e. The van der Waals surface area contributed by atoms with Crippen molar-refractivity contribution in [2.45, 2.75) is 12.1 Å². The molecule has 0 N–H and O–H groups in total. The average molecular weight is 519 g/mol. The maximum atomic E-state index is 14.5. The van der Waals surface area contributed by atoms with Gasteiger partial charge in [0.1, 0.15) is 11.4 Å². The lowest BCUT2D eigenvalue weighted by Crippen LogP contribution is -2.54. The highest BCUT2D eigenvalue weighted by Gasteiger charge is 2.64. The second-order valence-electron chi connectivity index (χ2n) is 8.97. The molecule has 6 rings (SSSR count). The van der Waals surface area contributed by atoms with Crippen molar-refractivity contribution in [3.63, 3.8) is 0 Å². The van der Waals surface area contributed by atoms with Crippen LogP contribution in [0, 0.1) is 5.82 Å². The molecule has 37 heavy (non-hydrogen) atoms. The zero-order chi connectivity index (χ0) is 25.9. The number of methoxy groups -OCH3 is 1. The summed E-state index contributed by atoms with van der Waals surface area (Å²) in [5.74, 6) is -1.62. The molecule has 3 aromatic carbocycles. The Kier molecular flexibility index (Phi) is 5.40. The third-order valence-corrected chi connectivity index (χ3v) is 7.21. The molecule has 1 atom stereocenters. The highest BCUT2D eigenvalue weighted by molar-refractivity contribution is 6.31. The van der Waals surface area contributed by atoms with Crippen molar-refractivity contribution in [2.24, 2.45) is 0 Å². The number of rotatable bonds is 5. The van der Waals surface area contributed by atoms with Gasteiger partial charge < -0.3 is 19.0 Å². The van der Waals surface area contributed by atoms with Gasteiger partial charge in [0, 0.05) is 24.2 Å². The van der Waals surface area contributed by atoms with Crippen LogP contribution in [0.4, 0.5) is 10.1 Å². The van der Waals surface area contributed by atoms with Gasteiger partial charge in [-0.05, 0) is 42.0 Å². The van der Waals surface area contributed by atoms with E-state index >= 15 is 0 Å². The minimum atomic E-state index is -1.75. The molecule has 186 valence electrons. The quantitative estimate of drug-likeness (QED) is 0.389. The Balaban J connectivity index is 1.64. The summed E-state index contributed by atoms with van der Waals surface area (Å²) in [6, 6.07) is 17.4. The van der Waals surface area contributed by atoms with E-state index in [1.807, 2.05) is 0 Å². The molecular formula is C28H20ClFN2O5. The molecular weight excluding hydrogens is 499 g/mol. The van der Waals surface area contributed by atoms with Gasteiger partial charge in [0.25, 0.3) is 11.8 Å². The predicted octanol–water partition coefficient (Wildman–Crippen LogP) is 4.48. The van der Waals surface area contributed by atoms with E-state index in [-0.39, 0.29) is 42.0 Å². The highest BCUT2D eigenvalue weighted by Crippen LogP contribution is 2.52. The summed E-state index contributed by atoms with van der Waals surface area (Å²) < 4.78 is 24.8. The molecule has 2 aliphatic heterocycles. The molecule has 3 heterocycles. The van der Waals surface area contributed by atoms with Gasteiger partial charge in [0.05, 0.1) is 29.8 Å². The van der Waals surface area contributed by atoms with Crippen LogP contribution in [0.1, 0.15) is 27.2 Å². The second-order valence-corrected chi connectivity index (χ2v) is 9.41. The number of benzene rings is 3. The minimum absolute atomic E-state index is 0.0394. The van der Waals surface area contributed by atoms with Crippen molar-refractivity contribution >= 4 is 40.1 Å². The SMILES string of the molecule is COCCN1C(=O)c2oc3ccc(Cl)cc3c(=O)c2C12C(=O)N(Cc1ccc(F)cc1)c1ccccc12. The summed E-state index contributed by atoms with van der Waals surface area (Å²) >= 11 is 6.18. The molecule has 0 radical (unpaired) electrons. The van der Waals surface area contributed by atoms with E-state index in [1.54, 1.807) is 42.5 Å². The fourth-order valence-electron chi connectivity index (χ4n) is 5.37. The molecule has 0 fully saturated rings. The number of carbonyl (C=O) groups is 2. The van der Waals surface area contributed by atoms with Gasteiger partial charge in [0.15, 0.2) is 11.0 Å². The highest BCUT2D eigenvalue weighted by atomic mass is 35.5. The number of carbonyl (C=O) groups excluding carboxylic acids is 2. The molecule has 7 nitrogen and oxygen atoms in total. The molecule has 4 aromatic rings. The van der Waals surface area contributed by atoms with Gasteiger partial charge in [-0.1, -0.05) is 41.9 Å². The van der Waals surface area contributed by atoms with E-state index in [1.165, 1.54) is 41.2 Å². The number of amides is 2. The van der Waals surface area contributed by atoms with E-state index in [0.29, 0.717) is 21.8 Å². The smallest absolute Gasteiger partial charge is 0.291 e. The minimum Gasteiger partial charge on any atom is -0.450 e. The fraction of sp³-hybridized carbons (Fsp3) is 0.179. The Bertz CT molecular complexity index is 1650. The number of hydrogen-bond donors (Lipinski definition) is 0. The molecule has 0 bridgehead atoms. The van der Waals surface area contributed by atoms with Gasteiger partial charge in [-0.15, -0.1) is 0 Å². The van der Waals surface area contributed by atoms with Crippen LogP contribution in [0.25, 0.3) is 11.0 Å². The molecule has 1 aromatic heterocycles. The third kappa shape index (κ3) is 3.26. The molecule has 1 unspecified atom stereocenters. The summed E-state index contributed by atoms with van der Waals surface area (Å²) in [5, 5.41) is 0.500. The van der Waals surface area contributed by atoms with Crippen LogP contribution < -0.4 is 10.3 Å². The van der Waals surface area contributed by atoms with Crippen molar-refractivity contribution < 1.29 is 23.1 Å². The van der Waals surface area contributed by atoms with Crippen LogP contribution in [0.5, 0.6) is 0 Å². The zero-order valence-electron chi connectivity index (χ0n) is 19.7. The number of halogens is 2. The van der Waals surface area contributed by atoms with Crippen LogP contribution in [0.3, 0.4) is 0 Å². The lowest BCUT2D eigenvalue weighted by molar-refractivity contribution is -0.126. The Morgan fingerprint density at radius 3 is 2.54 bits per heavy atom. The number of para-hydroxylation sites is 1. The van der Waals surface area contributed by atoms with Crippen molar-refractivity contribution in [1.82, 2.24) is 4.90 Å². The average Bonchev–Trinajstić information content (AvgIpc) is 3.29. The lowest BCUT2D eigenvalue weighted by Gasteiger charge is -2.34. The normalized spacial score (nSPS) is 18.2. The van der Waals surface area contributed by atoms with Crippen LogP contribution in [0.15, 0.2) is 75.9 Å². The number of anilines is 1. The number of nitrogens with zero attached hydrogens (tertiary/aromatic N) is 2. The Hall–Kier alpha value is -4.01. The number of ether oxygens (including phenoxy) is 1. The van der Waals surface area contributed by atoms with Gasteiger partial charge in [-0.3, -0.25) is 14.4 Å². The second kappa shape index (κ2) is 8.54. The van der Waals surface area contributed by atoms with Crippen molar-refractivity contribution in [1.29, 1.82) is 0 Å².